The van der Waals surface area contributed by atoms with Crippen LogP contribution in [0.25, 0.3) is 22.6 Å². The SMILES string of the molecule is Cn1c(=O)n([C@@H]2CCC(=O)NC2=O)c2ccc(CCCN3CCN(c4ccc(-c5noc(C67CCC(CNC(=O)c8cc(F)c(O)c(F)c8F)(CC6)CC7)n5)nn4)CC3)cc21.O=C(O)C(F)(F)F. The number of aromatic hydroxyl groups is 1. The summed E-state index contributed by atoms with van der Waals surface area (Å²) in [5.41, 5.74) is 1.40. The number of rotatable bonds is 11. The van der Waals surface area contributed by atoms with E-state index in [0.717, 1.165) is 101 Å². The van der Waals surface area contributed by atoms with Crippen LogP contribution in [0.3, 0.4) is 0 Å². The van der Waals surface area contributed by atoms with Crippen LogP contribution in [0.15, 0.2) is 45.7 Å². The maximum absolute atomic E-state index is 14.3. The molecule has 362 valence electrons. The standard InChI is InChI=1S/C42H45F3N10O6.C2HF3O2/c1-52-30-21-24(4-6-28(30)55(40(52)60)29-7-9-32(56)47-38(29)59)3-2-16-53-17-19-54(20-18-53)31-8-5-27(49-50-31)36-48-39(61-51-36)42-13-10-41(11-14-42,12-15-42)23-46-37(58)25-22-26(43)35(57)34(45)33(25)44;3-2(4,5)1(6)7/h4-6,8,21-22,29,57H,2-3,7,9-20,23H2,1H3,(H,46,58)(H,47,56,59);(H,6,7)/t29-,41?,42?;/m1./s1. The van der Waals surface area contributed by atoms with E-state index < -0.39 is 58.8 Å². The van der Waals surface area contributed by atoms with E-state index in [1.54, 1.807) is 11.6 Å². The number of phenolic OH excluding ortho intramolecular Hbond substituents is 1. The van der Waals surface area contributed by atoms with Crippen molar-refractivity contribution in [2.75, 3.05) is 44.2 Å². The van der Waals surface area contributed by atoms with Gasteiger partial charge in [-0.1, -0.05) is 11.2 Å². The Morgan fingerprint density at radius 2 is 1.62 bits per heavy atom. The number of piperidine rings is 1. The van der Waals surface area contributed by atoms with Crippen LogP contribution >= 0.6 is 0 Å². The number of piperazine rings is 1. The third kappa shape index (κ3) is 9.49. The number of hydrogen-bond donors (Lipinski definition) is 4. The van der Waals surface area contributed by atoms with Gasteiger partial charge in [0.1, 0.15) is 11.7 Å². The molecule has 10 rings (SSSR count). The number of carboxylic acids is 1. The molecule has 5 fully saturated rings. The van der Waals surface area contributed by atoms with Crippen molar-refractivity contribution in [2.24, 2.45) is 12.5 Å². The summed E-state index contributed by atoms with van der Waals surface area (Å²) in [5.74, 6) is -9.07. The number of aryl methyl sites for hydroxylation is 2. The number of phenols is 1. The molecular weight excluding hydrogens is 911 g/mol. The third-order valence-electron chi connectivity index (χ3n) is 13.7. The molecule has 2 aromatic carbocycles. The Kier molecular flexibility index (Phi) is 13.1. The van der Waals surface area contributed by atoms with E-state index in [1.807, 2.05) is 30.3 Å². The summed E-state index contributed by atoms with van der Waals surface area (Å²) in [6.45, 7) is 4.45. The molecule has 0 radical (unpaired) electrons. The van der Waals surface area contributed by atoms with Gasteiger partial charge in [0.25, 0.3) is 5.91 Å². The Balaban J connectivity index is 0.000000830. The van der Waals surface area contributed by atoms with Gasteiger partial charge in [-0.2, -0.15) is 22.5 Å². The number of carbonyl (C=O) groups excluding carboxylic acids is 3. The molecule has 24 heteroatoms. The van der Waals surface area contributed by atoms with Crippen molar-refractivity contribution in [1.29, 1.82) is 0 Å². The number of nitrogens with zero attached hydrogens (tertiary/aromatic N) is 8. The van der Waals surface area contributed by atoms with Gasteiger partial charge >= 0.3 is 17.8 Å². The minimum Gasteiger partial charge on any atom is -0.503 e. The molecule has 3 amide bonds. The van der Waals surface area contributed by atoms with Crippen LogP contribution in [0.1, 0.15) is 85.6 Å². The van der Waals surface area contributed by atoms with E-state index >= 15 is 0 Å². The van der Waals surface area contributed by atoms with Crippen molar-refractivity contribution < 1.29 is 60.3 Å². The first kappa shape index (κ1) is 47.6. The summed E-state index contributed by atoms with van der Waals surface area (Å²) in [5, 5.41) is 34.6. The van der Waals surface area contributed by atoms with E-state index in [9.17, 15) is 50.6 Å². The number of amides is 3. The van der Waals surface area contributed by atoms with Crippen LogP contribution < -0.4 is 21.2 Å². The fraction of sp³-hybridized carbons (Fsp3) is 0.477. The van der Waals surface area contributed by atoms with Crippen LogP contribution in [0.5, 0.6) is 5.75 Å². The molecule has 0 unspecified atom stereocenters. The predicted molar refractivity (Wildman–Crippen MR) is 227 cm³/mol. The average Bonchev–Trinajstić information content (AvgIpc) is 3.93. The van der Waals surface area contributed by atoms with Crippen molar-refractivity contribution in [3.8, 4) is 17.3 Å². The molecule has 18 nitrogen and oxygen atoms in total. The molecule has 2 bridgehead atoms. The van der Waals surface area contributed by atoms with Crippen molar-refractivity contribution in [2.45, 2.75) is 81.8 Å². The first-order chi connectivity index (χ1) is 32.3. The van der Waals surface area contributed by atoms with Crippen LogP contribution in [0, 0.1) is 22.9 Å². The van der Waals surface area contributed by atoms with Crippen molar-refractivity contribution in [3.63, 3.8) is 0 Å². The first-order valence-electron chi connectivity index (χ1n) is 21.9. The van der Waals surface area contributed by atoms with E-state index in [4.69, 9.17) is 19.4 Å². The van der Waals surface area contributed by atoms with Crippen LogP contribution in [0.4, 0.5) is 32.2 Å². The topological polar surface area (TPSA) is 231 Å². The van der Waals surface area contributed by atoms with Gasteiger partial charge in [0.15, 0.2) is 23.2 Å². The summed E-state index contributed by atoms with van der Waals surface area (Å²) < 4.78 is 82.5. The quantitative estimate of drug-likeness (QED) is 0.0800. The molecule has 5 aromatic rings. The zero-order chi connectivity index (χ0) is 48.7. The van der Waals surface area contributed by atoms with E-state index in [1.165, 1.54) is 4.57 Å². The Morgan fingerprint density at radius 3 is 2.25 bits per heavy atom. The Bertz CT molecular complexity index is 2800. The van der Waals surface area contributed by atoms with Gasteiger partial charge in [-0.15, -0.1) is 10.2 Å². The number of hydrogen-bond acceptors (Lipinski definition) is 13. The largest absolute Gasteiger partial charge is 0.503 e. The number of carboxylic acid groups (broad SMARTS) is 1. The second-order valence-corrected chi connectivity index (χ2v) is 17.8. The maximum Gasteiger partial charge on any atom is 0.490 e. The summed E-state index contributed by atoms with van der Waals surface area (Å²) in [6, 6.07) is 9.47. The highest BCUT2D eigenvalue weighted by Gasteiger charge is 2.52. The maximum atomic E-state index is 14.3. The molecule has 3 aliphatic carbocycles. The molecule has 5 aliphatic rings. The Hall–Kier alpha value is -6.85. The number of fused-ring (bicyclic) bond motifs is 4. The number of benzene rings is 2. The van der Waals surface area contributed by atoms with Gasteiger partial charge in [0.05, 0.1) is 16.6 Å². The van der Waals surface area contributed by atoms with Crippen LogP contribution in [-0.4, -0.2) is 114 Å². The number of carbonyl (C=O) groups is 4. The Labute approximate surface area is 382 Å². The number of halogens is 6. The number of alkyl halides is 3. The van der Waals surface area contributed by atoms with Crippen molar-refractivity contribution in [3.05, 3.63) is 81.4 Å². The van der Waals surface area contributed by atoms with Gasteiger partial charge in [0.2, 0.25) is 29.3 Å². The normalized spacial score (nSPS) is 21.9. The lowest BCUT2D eigenvalue weighted by molar-refractivity contribution is -0.192. The lowest BCUT2D eigenvalue weighted by Gasteiger charge is -2.51. The summed E-state index contributed by atoms with van der Waals surface area (Å²) in [4.78, 5) is 68.2. The van der Waals surface area contributed by atoms with Gasteiger partial charge in [-0.05, 0) is 106 Å². The highest BCUT2D eigenvalue weighted by atomic mass is 19.4. The zero-order valence-corrected chi connectivity index (χ0v) is 36.5. The van der Waals surface area contributed by atoms with Gasteiger partial charge in [-0.3, -0.25) is 33.7 Å². The number of imidazole rings is 1. The molecule has 2 saturated heterocycles. The molecule has 3 aromatic heterocycles. The Morgan fingerprint density at radius 1 is 0.926 bits per heavy atom. The first-order valence-corrected chi connectivity index (χ1v) is 21.9. The minimum atomic E-state index is -5.08. The van der Waals surface area contributed by atoms with Gasteiger partial charge in [-0.25, -0.2) is 18.4 Å². The van der Waals surface area contributed by atoms with E-state index in [2.05, 4.69) is 35.8 Å². The second-order valence-electron chi connectivity index (χ2n) is 17.8. The molecule has 4 N–H and O–H groups in total. The molecule has 0 spiro atoms. The molecule has 2 aliphatic heterocycles. The van der Waals surface area contributed by atoms with Gasteiger partial charge in [0, 0.05) is 51.6 Å². The fourth-order valence-corrected chi connectivity index (χ4v) is 9.62. The minimum absolute atomic E-state index is 0.199. The molecular formula is C44H46F6N10O8. The lowest BCUT2D eigenvalue weighted by atomic mass is 9.53. The molecule has 3 saturated carbocycles. The smallest absolute Gasteiger partial charge is 0.490 e. The number of anilines is 1. The summed E-state index contributed by atoms with van der Waals surface area (Å²) in [6.07, 6.45) is 1.59. The van der Waals surface area contributed by atoms with Crippen molar-refractivity contribution >= 4 is 40.5 Å². The summed E-state index contributed by atoms with van der Waals surface area (Å²) >= 11 is 0. The highest BCUT2D eigenvalue weighted by Crippen LogP contribution is 2.57. The second kappa shape index (κ2) is 18.7. The fourth-order valence-electron chi connectivity index (χ4n) is 9.62. The van der Waals surface area contributed by atoms with Crippen LogP contribution in [-0.2, 0) is 33.3 Å². The predicted octanol–water partition coefficient (Wildman–Crippen LogP) is 4.69. The van der Waals surface area contributed by atoms with Crippen molar-refractivity contribution in [1.82, 2.24) is 45.0 Å². The average molecular weight is 957 g/mol. The summed E-state index contributed by atoms with van der Waals surface area (Å²) in [7, 11) is 1.70. The lowest BCUT2D eigenvalue weighted by Crippen LogP contribution is -2.49. The number of aromatic nitrogens is 6. The molecule has 5 heterocycles. The van der Waals surface area contributed by atoms with Gasteiger partial charge < -0.3 is 25.0 Å². The number of nitrogens with one attached hydrogen (secondary N) is 2. The van der Waals surface area contributed by atoms with E-state index in [-0.39, 0.29) is 35.4 Å². The highest BCUT2D eigenvalue weighted by molar-refractivity contribution is 6.00. The molecule has 68 heavy (non-hydrogen) atoms. The number of aliphatic carboxylic acids is 1. The zero-order valence-electron chi connectivity index (χ0n) is 36.5. The monoisotopic (exact) mass is 956 g/mol. The molecule has 1 atom stereocenters. The van der Waals surface area contributed by atoms with E-state index in [0.29, 0.717) is 35.4 Å². The number of imide groups is 1. The third-order valence-corrected chi connectivity index (χ3v) is 13.7. The van der Waals surface area contributed by atoms with Crippen LogP contribution in [0.2, 0.25) is 0 Å².